The highest BCUT2D eigenvalue weighted by Crippen LogP contribution is 2.43. The minimum absolute atomic E-state index is 0.0575. The van der Waals surface area contributed by atoms with Crippen molar-refractivity contribution in [3.05, 3.63) is 36.5 Å². The van der Waals surface area contributed by atoms with Gasteiger partial charge in [0.1, 0.15) is 13.2 Å². The topological polar surface area (TPSA) is 105 Å². The van der Waals surface area contributed by atoms with Gasteiger partial charge in [0.15, 0.2) is 0 Å². The number of phosphoric acid groups is 1. The van der Waals surface area contributed by atoms with Gasteiger partial charge in [0, 0.05) is 6.42 Å². The van der Waals surface area contributed by atoms with Gasteiger partial charge in [0.2, 0.25) is 5.91 Å². The van der Waals surface area contributed by atoms with Crippen molar-refractivity contribution in [3.63, 3.8) is 0 Å². The third kappa shape index (κ3) is 56.3. The Bertz CT molecular complexity index is 1250. The third-order valence-corrected chi connectivity index (χ3v) is 15.1. The largest absolute Gasteiger partial charge is 0.472 e. The summed E-state index contributed by atoms with van der Waals surface area (Å²) in [6.45, 7) is 4.83. The summed E-state index contributed by atoms with van der Waals surface area (Å²) in [4.78, 5) is 23.3. The van der Waals surface area contributed by atoms with E-state index in [4.69, 9.17) is 9.05 Å². The molecule has 0 aromatic rings. The van der Waals surface area contributed by atoms with Gasteiger partial charge in [-0.15, -0.1) is 0 Å². The Kier molecular flexibility index (Phi) is 52.6. The highest BCUT2D eigenvalue weighted by molar-refractivity contribution is 7.47. The summed E-state index contributed by atoms with van der Waals surface area (Å²) in [7, 11) is 1.56. The molecule has 71 heavy (non-hydrogen) atoms. The summed E-state index contributed by atoms with van der Waals surface area (Å²) in [5, 5.41) is 13.9. The van der Waals surface area contributed by atoms with E-state index in [0.29, 0.717) is 17.4 Å². The zero-order valence-electron chi connectivity index (χ0n) is 48.0. The number of rotatable bonds is 57. The molecule has 1 amide bonds. The fourth-order valence-corrected chi connectivity index (χ4v) is 9.97. The molecule has 420 valence electrons. The molecule has 0 aromatic heterocycles. The van der Waals surface area contributed by atoms with Crippen molar-refractivity contribution in [1.82, 2.24) is 5.32 Å². The molecule has 0 radical (unpaired) electrons. The van der Waals surface area contributed by atoms with E-state index in [-0.39, 0.29) is 19.1 Å². The second-order valence-electron chi connectivity index (χ2n) is 22.4. The van der Waals surface area contributed by atoms with Crippen LogP contribution in [-0.4, -0.2) is 73.4 Å². The van der Waals surface area contributed by atoms with Crippen molar-refractivity contribution in [1.29, 1.82) is 0 Å². The Labute approximate surface area is 442 Å². The van der Waals surface area contributed by atoms with Crippen LogP contribution in [0.25, 0.3) is 0 Å². The van der Waals surface area contributed by atoms with Crippen molar-refractivity contribution < 1.29 is 32.9 Å². The van der Waals surface area contributed by atoms with E-state index in [2.05, 4.69) is 43.5 Å². The lowest BCUT2D eigenvalue weighted by Gasteiger charge is -2.25. The molecule has 0 heterocycles. The zero-order chi connectivity index (χ0) is 52.0. The fraction of sp³-hybridized carbons (Fsp3) is 0.887. The maximum absolute atomic E-state index is 13.0. The van der Waals surface area contributed by atoms with Gasteiger partial charge in [-0.1, -0.05) is 275 Å². The van der Waals surface area contributed by atoms with Crippen LogP contribution in [0.1, 0.15) is 303 Å². The number of hydrogen-bond donors (Lipinski definition) is 3. The number of allylic oxidation sites excluding steroid dienone is 5. The maximum Gasteiger partial charge on any atom is 0.472 e. The van der Waals surface area contributed by atoms with Gasteiger partial charge in [-0.25, -0.2) is 4.57 Å². The number of hydrogen-bond acceptors (Lipinski definition) is 5. The predicted octanol–water partition coefficient (Wildman–Crippen LogP) is 18.9. The number of amides is 1. The Morgan fingerprint density at radius 3 is 1.13 bits per heavy atom. The molecular formula is C62H122N2O6P+. The summed E-state index contributed by atoms with van der Waals surface area (Å²) < 4.78 is 23.7. The van der Waals surface area contributed by atoms with E-state index in [9.17, 15) is 19.4 Å². The SMILES string of the molecule is CCCCCCCCCCCC/C=C/CC/C=C/C(O)C(COP(=O)(O)OCC[N+](C)(C)C)NC(=O)CCCCCCCCCCCCCCCCCCC/C=C\CCCCCCCCCCCCCC. The number of carbonyl (C=O) groups is 1. The van der Waals surface area contributed by atoms with Crippen molar-refractivity contribution in [2.24, 2.45) is 0 Å². The summed E-state index contributed by atoms with van der Waals surface area (Å²) in [6, 6.07) is -0.862. The minimum Gasteiger partial charge on any atom is -0.387 e. The number of aliphatic hydroxyl groups is 1. The fourth-order valence-electron chi connectivity index (χ4n) is 9.23. The number of nitrogens with zero attached hydrogens (tertiary/aromatic N) is 1. The molecule has 3 atom stereocenters. The molecule has 0 spiro atoms. The maximum atomic E-state index is 13.0. The van der Waals surface area contributed by atoms with Gasteiger partial charge in [-0.2, -0.15) is 0 Å². The van der Waals surface area contributed by atoms with E-state index in [1.165, 1.54) is 244 Å². The monoisotopic (exact) mass is 1020 g/mol. The summed E-state index contributed by atoms with van der Waals surface area (Å²) in [5.41, 5.74) is 0. The predicted molar refractivity (Wildman–Crippen MR) is 309 cm³/mol. The van der Waals surface area contributed by atoms with Crippen molar-refractivity contribution in [2.75, 3.05) is 40.9 Å². The average Bonchev–Trinajstić information content (AvgIpc) is 3.33. The average molecular weight is 1020 g/mol. The molecule has 0 aliphatic rings. The number of nitrogens with one attached hydrogen (secondary N) is 1. The summed E-state index contributed by atoms with van der Waals surface area (Å²) in [6.07, 6.45) is 69.9. The molecule has 0 bridgehead atoms. The number of likely N-dealkylation sites (N-methyl/N-ethyl adjacent to an activating group) is 1. The highest BCUT2D eigenvalue weighted by Gasteiger charge is 2.27. The first-order valence-corrected chi connectivity index (χ1v) is 32.4. The Balaban J connectivity index is 4.04. The second-order valence-corrected chi connectivity index (χ2v) is 23.9. The van der Waals surface area contributed by atoms with Crippen molar-refractivity contribution >= 4 is 13.7 Å². The van der Waals surface area contributed by atoms with Crippen LogP contribution in [-0.2, 0) is 18.4 Å². The van der Waals surface area contributed by atoms with Gasteiger partial charge in [-0.3, -0.25) is 13.8 Å². The van der Waals surface area contributed by atoms with Crippen LogP contribution in [0.3, 0.4) is 0 Å². The standard InChI is InChI=1S/C62H121N2O6P/c1-6-8-10-12-14-16-18-20-22-24-25-26-27-28-29-30-31-32-33-34-35-36-37-38-39-40-42-44-46-48-50-52-54-56-62(66)63-60(59-70-71(67,68)69-58-57-64(3,4)5)61(65)55-53-51-49-47-45-43-41-23-21-19-17-15-13-11-9-7-2/h28-29,45,47,53,55,60-61,65H,6-27,30-44,46,48-52,54,56-59H2,1-5H3,(H-,63,66,67,68)/p+1/b29-28-,47-45+,55-53+. The second kappa shape index (κ2) is 53.5. The molecule has 0 saturated heterocycles. The first kappa shape index (κ1) is 69.7. The van der Waals surface area contributed by atoms with Gasteiger partial charge in [-0.05, 0) is 57.8 Å². The van der Waals surface area contributed by atoms with Gasteiger partial charge >= 0.3 is 7.82 Å². The first-order chi connectivity index (χ1) is 34.5. The molecule has 9 heteroatoms. The Hall–Kier alpha value is -1.28. The lowest BCUT2D eigenvalue weighted by Crippen LogP contribution is -2.45. The van der Waals surface area contributed by atoms with E-state index >= 15 is 0 Å². The van der Waals surface area contributed by atoms with Gasteiger partial charge < -0.3 is 19.8 Å². The zero-order valence-corrected chi connectivity index (χ0v) is 48.9. The molecule has 0 aromatic carbocycles. The highest BCUT2D eigenvalue weighted by atomic mass is 31.2. The Morgan fingerprint density at radius 2 is 0.775 bits per heavy atom. The van der Waals surface area contributed by atoms with E-state index in [1.807, 2.05) is 27.2 Å². The number of phosphoric ester groups is 1. The van der Waals surface area contributed by atoms with Crippen LogP contribution in [0.15, 0.2) is 36.5 Å². The van der Waals surface area contributed by atoms with Crippen LogP contribution in [0.2, 0.25) is 0 Å². The van der Waals surface area contributed by atoms with Crippen molar-refractivity contribution in [3.8, 4) is 0 Å². The van der Waals surface area contributed by atoms with Gasteiger partial charge in [0.25, 0.3) is 0 Å². The number of carbonyl (C=O) groups excluding carboxylic acids is 1. The Morgan fingerprint density at radius 1 is 0.465 bits per heavy atom. The summed E-state index contributed by atoms with van der Waals surface area (Å²) in [5.74, 6) is -0.182. The molecule has 0 fully saturated rings. The van der Waals surface area contributed by atoms with Crippen LogP contribution in [0, 0.1) is 0 Å². The van der Waals surface area contributed by atoms with Crippen LogP contribution >= 0.6 is 7.82 Å². The smallest absolute Gasteiger partial charge is 0.387 e. The number of quaternary nitrogens is 1. The molecule has 0 aliphatic carbocycles. The van der Waals surface area contributed by atoms with Crippen LogP contribution in [0.5, 0.6) is 0 Å². The third-order valence-electron chi connectivity index (χ3n) is 14.1. The normalized spacial score (nSPS) is 14.1. The van der Waals surface area contributed by atoms with Gasteiger partial charge in [0.05, 0.1) is 39.9 Å². The van der Waals surface area contributed by atoms with E-state index < -0.39 is 20.0 Å². The molecule has 3 unspecified atom stereocenters. The molecule has 0 saturated carbocycles. The lowest BCUT2D eigenvalue weighted by atomic mass is 10.0. The van der Waals surface area contributed by atoms with E-state index in [1.54, 1.807) is 6.08 Å². The van der Waals surface area contributed by atoms with E-state index in [0.717, 1.165) is 38.5 Å². The van der Waals surface area contributed by atoms with Crippen molar-refractivity contribution in [2.45, 2.75) is 315 Å². The molecule has 0 aliphatic heterocycles. The summed E-state index contributed by atoms with van der Waals surface area (Å²) >= 11 is 0. The molecule has 0 rings (SSSR count). The lowest BCUT2D eigenvalue weighted by molar-refractivity contribution is -0.870. The number of unbranched alkanes of at least 4 members (excludes halogenated alkanes) is 40. The quantitative estimate of drug-likeness (QED) is 0.0243. The minimum atomic E-state index is -4.35. The van der Waals surface area contributed by atoms with Crippen LogP contribution < -0.4 is 5.32 Å². The first-order valence-electron chi connectivity index (χ1n) is 30.9. The van der Waals surface area contributed by atoms with Crippen LogP contribution in [0.4, 0.5) is 0 Å². The number of aliphatic hydroxyl groups excluding tert-OH is 1. The molecule has 3 N–H and O–H groups in total. The molecule has 8 nitrogen and oxygen atoms in total. The molecular weight excluding hydrogens is 900 g/mol.